The molecule has 0 spiro atoms. The number of ether oxygens (including phenoxy) is 2. The normalized spacial score (nSPS) is 17.4. The van der Waals surface area contributed by atoms with E-state index < -0.39 is 0 Å². The van der Waals surface area contributed by atoms with Gasteiger partial charge in [-0.2, -0.15) is 0 Å². The number of carbonyl (C=O) groups excluding carboxylic acids is 1. The van der Waals surface area contributed by atoms with E-state index in [1.807, 2.05) is 54.9 Å². The fourth-order valence-electron chi connectivity index (χ4n) is 6.63. The number of hydrogen-bond acceptors (Lipinski definition) is 8. The summed E-state index contributed by atoms with van der Waals surface area (Å²) in [6.45, 7) is 6.23. The molecular weight excluding hydrogens is 564 g/mol. The summed E-state index contributed by atoms with van der Waals surface area (Å²) in [6, 6.07) is 16.2. The van der Waals surface area contributed by atoms with E-state index in [0.29, 0.717) is 24.9 Å². The van der Waals surface area contributed by atoms with Gasteiger partial charge in [-0.05, 0) is 86.9 Å². The predicted molar refractivity (Wildman–Crippen MR) is 176 cm³/mol. The van der Waals surface area contributed by atoms with Crippen molar-refractivity contribution in [1.29, 1.82) is 0 Å². The SMILES string of the molecule is CC#CC(=O)CCC1CCCN2C[C@H]1COc1cc3ncnc(Nc4ccc(Oc5ccc6c(c5)ncn6C)c(C)c4)c3cc12. The zero-order chi connectivity index (χ0) is 30.9. The number of aromatic nitrogens is 4. The Morgan fingerprint density at radius 2 is 2.02 bits per heavy atom. The molecule has 5 aromatic rings. The molecule has 0 saturated carbocycles. The molecule has 2 bridgehead atoms. The molecule has 2 aromatic heterocycles. The van der Waals surface area contributed by atoms with Crippen molar-refractivity contribution in [1.82, 2.24) is 19.5 Å². The highest BCUT2D eigenvalue weighted by Crippen LogP contribution is 2.41. The van der Waals surface area contributed by atoms with Gasteiger partial charge in [0.2, 0.25) is 5.78 Å². The minimum absolute atomic E-state index is 0.0288. The molecule has 7 rings (SSSR count). The number of nitrogens with one attached hydrogen (secondary N) is 1. The average molecular weight is 601 g/mol. The second-order valence-electron chi connectivity index (χ2n) is 12.0. The van der Waals surface area contributed by atoms with Crippen LogP contribution in [0.3, 0.4) is 0 Å². The van der Waals surface area contributed by atoms with Crippen molar-refractivity contribution < 1.29 is 14.3 Å². The number of fused-ring (bicyclic) bond motifs is 6. The molecule has 1 fully saturated rings. The Labute approximate surface area is 262 Å². The quantitative estimate of drug-likeness (QED) is 0.158. The van der Waals surface area contributed by atoms with Gasteiger partial charge in [-0.15, -0.1) is 0 Å². The maximum absolute atomic E-state index is 12.1. The lowest BCUT2D eigenvalue weighted by Crippen LogP contribution is -2.31. The molecule has 0 aliphatic carbocycles. The van der Waals surface area contributed by atoms with Gasteiger partial charge >= 0.3 is 0 Å². The summed E-state index contributed by atoms with van der Waals surface area (Å²) in [5, 5.41) is 4.45. The molecule has 4 heterocycles. The molecule has 0 radical (unpaired) electrons. The third kappa shape index (κ3) is 5.88. The molecule has 9 nitrogen and oxygen atoms in total. The molecule has 2 aliphatic rings. The Kier molecular flexibility index (Phi) is 7.72. The third-order valence-corrected chi connectivity index (χ3v) is 9.00. The fraction of sp³-hybridized carbons (Fsp3) is 0.333. The van der Waals surface area contributed by atoms with Crippen LogP contribution in [0.15, 0.2) is 61.2 Å². The summed E-state index contributed by atoms with van der Waals surface area (Å²) >= 11 is 0. The van der Waals surface area contributed by atoms with Crippen molar-refractivity contribution in [2.45, 2.75) is 39.5 Å². The lowest BCUT2D eigenvalue weighted by atomic mass is 9.85. The van der Waals surface area contributed by atoms with E-state index in [1.54, 1.807) is 19.6 Å². The second-order valence-corrected chi connectivity index (χ2v) is 12.0. The Balaban J connectivity index is 1.11. The molecule has 45 heavy (non-hydrogen) atoms. The van der Waals surface area contributed by atoms with Crippen molar-refractivity contribution in [2.75, 3.05) is 29.9 Å². The van der Waals surface area contributed by atoms with E-state index in [9.17, 15) is 4.79 Å². The van der Waals surface area contributed by atoms with Crippen LogP contribution in [0, 0.1) is 30.6 Å². The minimum atomic E-state index is 0.0288. The van der Waals surface area contributed by atoms with Crippen molar-refractivity contribution in [3.63, 3.8) is 0 Å². The molecule has 2 aliphatic heterocycles. The first-order valence-electron chi connectivity index (χ1n) is 15.5. The summed E-state index contributed by atoms with van der Waals surface area (Å²) in [4.78, 5) is 28.2. The molecule has 1 saturated heterocycles. The van der Waals surface area contributed by atoms with Gasteiger partial charge in [0.25, 0.3) is 0 Å². The fourth-order valence-corrected chi connectivity index (χ4v) is 6.63. The van der Waals surface area contributed by atoms with Crippen LogP contribution in [0.25, 0.3) is 21.9 Å². The Bertz CT molecular complexity index is 1970. The first-order chi connectivity index (χ1) is 21.9. The average Bonchev–Trinajstić information content (AvgIpc) is 3.18. The van der Waals surface area contributed by atoms with Gasteiger partial charge in [0.05, 0.1) is 35.2 Å². The molecular formula is C36H36N6O3. The lowest BCUT2D eigenvalue weighted by Gasteiger charge is -2.25. The summed E-state index contributed by atoms with van der Waals surface area (Å²) in [5.41, 5.74) is 5.76. The van der Waals surface area contributed by atoms with Crippen LogP contribution in [-0.2, 0) is 11.8 Å². The smallest absolute Gasteiger partial charge is 0.205 e. The number of imidazole rings is 1. The monoisotopic (exact) mass is 600 g/mol. The number of rotatable bonds is 7. The van der Waals surface area contributed by atoms with Crippen molar-refractivity contribution in [3.05, 3.63) is 66.7 Å². The first-order valence-corrected chi connectivity index (χ1v) is 15.5. The van der Waals surface area contributed by atoms with E-state index in [-0.39, 0.29) is 5.78 Å². The van der Waals surface area contributed by atoms with Crippen molar-refractivity contribution in [2.24, 2.45) is 18.9 Å². The highest BCUT2D eigenvalue weighted by atomic mass is 16.5. The number of carbonyl (C=O) groups is 1. The van der Waals surface area contributed by atoms with E-state index in [1.165, 1.54) is 0 Å². The van der Waals surface area contributed by atoms with Crippen LogP contribution in [0.5, 0.6) is 17.2 Å². The van der Waals surface area contributed by atoms with Crippen LogP contribution in [-0.4, -0.2) is 45.0 Å². The standard InChI is InChI=1S/C36H36N6O3/c1-4-6-27(43)10-8-24-7-5-14-42-19-25(24)20-44-35-18-30-29(17-33(35)42)36(38-21-37-30)40-26-9-13-34(23(2)15-26)45-28-11-12-32-31(16-28)39-22-41(32)3/h9,11-13,15-18,21-22,24-25H,5,7-8,10,14,19-20H2,1-3H3,(H,37,38,40)/t24?,25-/m0/s1. The molecule has 9 heteroatoms. The highest BCUT2D eigenvalue weighted by Gasteiger charge is 2.32. The third-order valence-electron chi connectivity index (χ3n) is 9.00. The zero-order valence-electron chi connectivity index (χ0n) is 25.8. The maximum atomic E-state index is 12.1. The molecule has 0 amide bonds. The second kappa shape index (κ2) is 12.1. The Morgan fingerprint density at radius 3 is 2.89 bits per heavy atom. The van der Waals surface area contributed by atoms with E-state index in [0.717, 1.165) is 94.3 Å². The number of nitrogens with zero attached hydrogens (tertiary/aromatic N) is 5. The predicted octanol–water partition coefficient (Wildman–Crippen LogP) is 6.96. The summed E-state index contributed by atoms with van der Waals surface area (Å²) in [5.74, 6) is 9.35. The van der Waals surface area contributed by atoms with Gasteiger partial charge in [0, 0.05) is 55.7 Å². The summed E-state index contributed by atoms with van der Waals surface area (Å²) in [7, 11) is 1.98. The van der Waals surface area contributed by atoms with E-state index >= 15 is 0 Å². The number of ketones is 1. The summed E-state index contributed by atoms with van der Waals surface area (Å²) in [6.07, 6.45) is 6.92. The van der Waals surface area contributed by atoms with Crippen LogP contribution in [0.2, 0.25) is 0 Å². The van der Waals surface area contributed by atoms with E-state index in [4.69, 9.17) is 9.47 Å². The molecule has 3 aromatic carbocycles. The van der Waals surface area contributed by atoms with Crippen LogP contribution >= 0.6 is 0 Å². The number of benzene rings is 3. The zero-order valence-corrected chi connectivity index (χ0v) is 25.8. The molecule has 2 atom stereocenters. The van der Waals surface area contributed by atoms with Gasteiger partial charge in [0.15, 0.2) is 0 Å². The Morgan fingerprint density at radius 1 is 1.11 bits per heavy atom. The summed E-state index contributed by atoms with van der Waals surface area (Å²) < 4.78 is 14.6. The Hall–Kier alpha value is -5.10. The van der Waals surface area contributed by atoms with Gasteiger partial charge in [-0.3, -0.25) is 4.79 Å². The van der Waals surface area contributed by atoms with E-state index in [2.05, 4.69) is 49.1 Å². The van der Waals surface area contributed by atoms with Crippen molar-refractivity contribution >= 4 is 44.9 Å². The van der Waals surface area contributed by atoms with Crippen LogP contribution in [0.4, 0.5) is 17.2 Å². The topological polar surface area (TPSA) is 94.4 Å². The largest absolute Gasteiger partial charge is 0.491 e. The number of Topliss-reactive ketones (excluding diaryl/α,β-unsaturated/α-hetero) is 1. The number of hydrogen-bond donors (Lipinski definition) is 1. The highest BCUT2D eigenvalue weighted by molar-refractivity contribution is 5.96. The van der Waals surface area contributed by atoms with Gasteiger partial charge < -0.3 is 24.3 Å². The number of anilines is 3. The molecule has 228 valence electrons. The lowest BCUT2D eigenvalue weighted by molar-refractivity contribution is -0.114. The van der Waals surface area contributed by atoms with Crippen LogP contribution in [0.1, 0.15) is 38.2 Å². The minimum Gasteiger partial charge on any atom is -0.491 e. The first kappa shape index (κ1) is 28.7. The molecule has 1 N–H and O–H groups in total. The number of aryl methyl sites for hydroxylation is 2. The van der Waals surface area contributed by atoms with Gasteiger partial charge in [0.1, 0.15) is 29.4 Å². The van der Waals surface area contributed by atoms with Gasteiger partial charge in [-0.25, -0.2) is 15.0 Å². The van der Waals surface area contributed by atoms with Crippen molar-refractivity contribution in [3.8, 4) is 29.1 Å². The van der Waals surface area contributed by atoms with Gasteiger partial charge in [-0.1, -0.05) is 5.92 Å². The van der Waals surface area contributed by atoms with Crippen LogP contribution < -0.4 is 19.7 Å². The molecule has 1 unspecified atom stereocenters. The maximum Gasteiger partial charge on any atom is 0.205 e.